The number of nitrogens with zero attached hydrogens (tertiary/aromatic N) is 2. The summed E-state index contributed by atoms with van der Waals surface area (Å²) in [4.78, 5) is 8.21. The number of nitrogens with two attached hydrogens (primary N) is 1. The maximum absolute atomic E-state index is 5.56. The van der Waals surface area contributed by atoms with Crippen molar-refractivity contribution in [3.05, 3.63) is 52.4 Å². The van der Waals surface area contributed by atoms with Gasteiger partial charge in [-0.2, -0.15) is 0 Å². The van der Waals surface area contributed by atoms with Gasteiger partial charge in [-0.25, -0.2) is 10.8 Å². The molecule has 94 valence electrons. The second kappa shape index (κ2) is 6.44. The van der Waals surface area contributed by atoms with Crippen LogP contribution in [0.3, 0.4) is 0 Å². The molecule has 0 radical (unpaired) electrons. The molecule has 2 aromatic rings. The van der Waals surface area contributed by atoms with E-state index in [0.29, 0.717) is 19.0 Å². The molecular formula is C12H13BrN4O. The van der Waals surface area contributed by atoms with Crippen molar-refractivity contribution < 1.29 is 4.74 Å². The molecule has 18 heavy (non-hydrogen) atoms. The second-order valence-electron chi connectivity index (χ2n) is 3.66. The van der Waals surface area contributed by atoms with E-state index in [-0.39, 0.29) is 0 Å². The highest BCUT2D eigenvalue weighted by Crippen LogP contribution is 2.12. The van der Waals surface area contributed by atoms with Crippen molar-refractivity contribution in [2.45, 2.75) is 13.2 Å². The predicted molar refractivity (Wildman–Crippen MR) is 72.5 cm³/mol. The van der Waals surface area contributed by atoms with Gasteiger partial charge in [0, 0.05) is 4.47 Å². The lowest BCUT2D eigenvalue weighted by atomic mass is 10.2. The van der Waals surface area contributed by atoms with Crippen LogP contribution in [0, 0.1) is 0 Å². The number of halogens is 1. The number of hydrogen-bond acceptors (Lipinski definition) is 5. The molecule has 0 atom stereocenters. The maximum Gasteiger partial charge on any atom is 0.158 e. The number of nitrogen functional groups attached to an aromatic ring is 1. The average molecular weight is 309 g/mol. The van der Waals surface area contributed by atoms with Crippen molar-refractivity contribution in [3.8, 4) is 0 Å². The zero-order valence-electron chi connectivity index (χ0n) is 9.64. The molecule has 0 aliphatic rings. The lowest BCUT2D eigenvalue weighted by Crippen LogP contribution is -2.09. The Bertz CT molecular complexity index is 504. The molecule has 1 aromatic carbocycles. The molecule has 0 saturated heterocycles. The monoisotopic (exact) mass is 308 g/mol. The number of hydrazine groups is 1. The molecule has 3 N–H and O–H groups in total. The summed E-state index contributed by atoms with van der Waals surface area (Å²) in [5.74, 6) is 5.74. The van der Waals surface area contributed by atoms with Gasteiger partial charge < -0.3 is 10.2 Å². The smallest absolute Gasteiger partial charge is 0.158 e. The van der Waals surface area contributed by atoms with Crippen molar-refractivity contribution in [2.24, 2.45) is 5.84 Å². The van der Waals surface area contributed by atoms with E-state index in [2.05, 4.69) is 31.3 Å². The minimum atomic E-state index is 0.421. The number of ether oxygens (including phenoxy) is 1. The first kappa shape index (κ1) is 12.9. The van der Waals surface area contributed by atoms with Crippen molar-refractivity contribution >= 4 is 21.7 Å². The van der Waals surface area contributed by atoms with Crippen molar-refractivity contribution in [1.29, 1.82) is 0 Å². The van der Waals surface area contributed by atoms with Crippen LogP contribution >= 0.6 is 15.9 Å². The second-order valence-corrected chi connectivity index (χ2v) is 4.58. The van der Waals surface area contributed by atoms with E-state index in [0.717, 1.165) is 15.7 Å². The quantitative estimate of drug-likeness (QED) is 0.654. The minimum Gasteiger partial charge on any atom is -0.370 e. The molecule has 0 aliphatic carbocycles. The molecule has 0 fully saturated rings. The molecule has 1 heterocycles. The molecule has 1 aromatic heterocycles. The topological polar surface area (TPSA) is 73.1 Å². The number of anilines is 1. The summed E-state index contributed by atoms with van der Waals surface area (Å²) in [5.41, 5.74) is 4.30. The molecule has 5 nitrogen and oxygen atoms in total. The first-order chi connectivity index (χ1) is 8.78. The summed E-state index contributed by atoms with van der Waals surface area (Å²) in [6.07, 6.45) is 3.20. The molecule has 0 unspecified atom stereocenters. The highest BCUT2D eigenvalue weighted by molar-refractivity contribution is 9.10. The highest BCUT2D eigenvalue weighted by Gasteiger charge is 1.98. The van der Waals surface area contributed by atoms with Gasteiger partial charge in [-0.3, -0.25) is 4.98 Å². The zero-order valence-corrected chi connectivity index (χ0v) is 11.2. The van der Waals surface area contributed by atoms with E-state index < -0.39 is 0 Å². The van der Waals surface area contributed by atoms with E-state index in [9.17, 15) is 0 Å². The van der Waals surface area contributed by atoms with Gasteiger partial charge in [-0.1, -0.05) is 28.1 Å². The van der Waals surface area contributed by atoms with Crippen molar-refractivity contribution in [3.63, 3.8) is 0 Å². The van der Waals surface area contributed by atoms with Crippen LogP contribution in [0.2, 0.25) is 0 Å². The average Bonchev–Trinajstić information content (AvgIpc) is 2.40. The zero-order chi connectivity index (χ0) is 12.8. The van der Waals surface area contributed by atoms with E-state index >= 15 is 0 Å². The lowest BCUT2D eigenvalue weighted by molar-refractivity contribution is 0.104. The Morgan fingerprint density at radius 1 is 1.22 bits per heavy atom. The molecule has 0 aliphatic heterocycles. The van der Waals surface area contributed by atoms with Crippen LogP contribution < -0.4 is 11.3 Å². The maximum atomic E-state index is 5.56. The predicted octanol–water partition coefficient (Wildman–Crippen LogP) is 2.24. The Kier molecular flexibility index (Phi) is 4.63. The van der Waals surface area contributed by atoms with Gasteiger partial charge >= 0.3 is 0 Å². The van der Waals surface area contributed by atoms with Crippen LogP contribution in [0.5, 0.6) is 0 Å². The summed E-state index contributed by atoms with van der Waals surface area (Å²) in [6, 6.07) is 7.99. The van der Waals surface area contributed by atoms with Crippen LogP contribution in [0.1, 0.15) is 11.3 Å². The number of benzene rings is 1. The van der Waals surface area contributed by atoms with Crippen LogP contribution in [-0.4, -0.2) is 9.97 Å². The first-order valence-corrected chi connectivity index (χ1v) is 6.17. The molecule has 0 bridgehead atoms. The first-order valence-electron chi connectivity index (χ1n) is 5.37. The van der Waals surface area contributed by atoms with Gasteiger partial charge in [0.05, 0.1) is 31.3 Å². The fraction of sp³-hybridized carbons (Fsp3) is 0.167. The third-order valence-electron chi connectivity index (χ3n) is 2.26. The Balaban J connectivity index is 1.84. The third-order valence-corrected chi connectivity index (χ3v) is 2.75. The van der Waals surface area contributed by atoms with Crippen LogP contribution in [-0.2, 0) is 18.0 Å². The largest absolute Gasteiger partial charge is 0.370 e. The van der Waals surface area contributed by atoms with Gasteiger partial charge in [-0.15, -0.1) is 0 Å². The molecule has 0 amide bonds. The minimum absolute atomic E-state index is 0.421. The Hall–Kier alpha value is -1.50. The van der Waals surface area contributed by atoms with Gasteiger partial charge in [0.15, 0.2) is 5.82 Å². The summed E-state index contributed by atoms with van der Waals surface area (Å²) in [6.45, 7) is 0.961. The molecule has 6 heteroatoms. The van der Waals surface area contributed by atoms with E-state index in [1.165, 1.54) is 0 Å². The molecular weight excluding hydrogens is 296 g/mol. The Labute approximate surface area is 113 Å². The van der Waals surface area contributed by atoms with Gasteiger partial charge in [0.2, 0.25) is 0 Å². The Morgan fingerprint density at radius 3 is 2.78 bits per heavy atom. The van der Waals surface area contributed by atoms with Crippen LogP contribution in [0.4, 0.5) is 5.82 Å². The number of hydrogen-bond donors (Lipinski definition) is 2. The van der Waals surface area contributed by atoms with E-state index in [1.54, 1.807) is 12.4 Å². The normalized spacial score (nSPS) is 10.3. The van der Waals surface area contributed by atoms with E-state index in [4.69, 9.17) is 10.6 Å². The number of nitrogens with one attached hydrogen (secondary N) is 1. The molecule has 0 spiro atoms. The van der Waals surface area contributed by atoms with Crippen LogP contribution in [0.25, 0.3) is 0 Å². The van der Waals surface area contributed by atoms with Gasteiger partial charge in [-0.05, 0) is 17.7 Å². The summed E-state index contributed by atoms with van der Waals surface area (Å²) in [7, 11) is 0. The fourth-order valence-corrected chi connectivity index (χ4v) is 1.85. The summed E-state index contributed by atoms with van der Waals surface area (Å²) >= 11 is 3.42. The number of rotatable bonds is 5. The lowest BCUT2D eigenvalue weighted by Gasteiger charge is -2.05. The highest BCUT2D eigenvalue weighted by atomic mass is 79.9. The Morgan fingerprint density at radius 2 is 2.11 bits per heavy atom. The number of aromatic nitrogens is 2. The fourth-order valence-electron chi connectivity index (χ4n) is 1.40. The third kappa shape index (κ3) is 3.76. The van der Waals surface area contributed by atoms with E-state index in [1.807, 2.05) is 24.3 Å². The summed E-state index contributed by atoms with van der Waals surface area (Å²) in [5, 5.41) is 0. The van der Waals surface area contributed by atoms with Crippen LogP contribution in [0.15, 0.2) is 41.1 Å². The van der Waals surface area contributed by atoms with Gasteiger partial charge in [0.1, 0.15) is 0 Å². The molecule has 2 rings (SSSR count). The van der Waals surface area contributed by atoms with Crippen molar-refractivity contribution in [2.75, 3.05) is 5.43 Å². The van der Waals surface area contributed by atoms with Crippen molar-refractivity contribution in [1.82, 2.24) is 9.97 Å². The standard InChI is InChI=1S/C12H13BrN4O/c13-10-3-1-2-9(4-10)7-18-8-11-5-16-12(17-14)6-15-11/h1-6H,7-8,14H2,(H,16,17). The van der Waals surface area contributed by atoms with Gasteiger partial charge in [0.25, 0.3) is 0 Å². The SMILES string of the molecule is NNc1cnc(COCc2cccc(Br)c2)cn1. The molecule has 0 saturated carbocycles. The summed E-state index contributed by atoms with van der Waals surface area (Å²) < 4.78 is 6.60.